The summed E-state index contributed by atoms with van der Waals surface area (Å²) in [6.07, 6.45) is -0.0546. The van der Waals surface area contributed by atoms with Gasteiger partial charge in [-0.05, 0) is 38.1 Å². The van der Waals surface area contributed by atoms with Gasteiger partial charge < -0.3 is 19.3 Å². The van der Waals surface area contributed by atoms with Crippen molar-refractivity contribution in [3.05, 3.63) is 53.7 Å². The van der Waals surface area contributed by atoms with E-state index in [9.17, 15) is 9.90 Å². The molecule has 0 bridgehead atoms. The molecular weight excluding hydrogens is 310 g/mol. The van der Waals surface area contributed by atoms with Crippen LogP contribution in [-0.4, -0.2) is 34.9 Å². The van der Waals surface area contributed by atoms with Gasteiger partial charge in [-0.1, -0.05) is 6.07 Å². The molecule has 2 heterocycles. The Morgan fingerprint density at radius 3 is 2.75 bits per heavy atom. The predicted molar refractivity (Wildman–Crippen MR) is 86.1 cm³/mol. The monoisotopic (exact) mass is 329 g/mol. The number of aromatic nitrogens is 1. The molecule has 6 heteroatoms. The standard InChI is InChI=1S/C18H19NO5/c1-18(2)16(20)15(23-14-6-4-5-9-19-14)12-10-11(17(21)22-3)7-8-13(12)24-18/h4-10,15-16,20H,1-3H3. The maximum Gasteiger partial charge on any atom is 0.337 e. The van der Waals surface area contributed by atoms with Gasteiger partial charge in [-0.3, -0.25) is 0 Å². The van der Waals surface area contributed by atoms with Gasteiger partial charge in [0.2, 0.25) is 5.88 Å². The van der Waals surface area contributed by atoms with Crippen molar-refractivity contribution < 1.29 is 24.1 Å². The summed E-state index contributed by atoms with van der Waals surface area (Å²) in [4.78, 5) is 15.9. The van der Waals surface area contributed by atoms with E-state index in [0.717, 1.165) is 0 Å². The molecule has 2 atom stereocenters. The maximum atomic E-state index is 11.8. The van der Waals surface area contributed by atoms with E-state index in [0.29, 0.717) is 22.8 Å². The topological polar surface area (TPSA) is 77.9 Å². The SMILES string of the molecule is COC(=O)c1ccc2c(c1)C(Oc1ccccn1)C(O)C(C)(C)O2. The molecule has 0 saturated heterocycles. The van der Waals surface area contributed by atoms with Crippen molar-refractivity contribution in [1.29, 1.82) is 0 Å². The number of carbonyl (C=O) groups excluding carboxylic acids is 1. The van der Waals surface area contributed by atoms with Gasteiger partial charge >= 0.3 is 5.97 Å². The summed E-state index contributed by atoms with van der Waals surface area (Å²) >= 11 is 0. The normalized spacial score (nSPS) is 21.3. The molecule has 0 saturated carbocycles. The Kier molecular flexibility index (Phi) is 4.15. The zero-order valence-corrected chi connectivity index (χ0v) is 13.7. The van der Waals surface area contributed by atoms with Gasteiger partial charge in [0, 0.05) is 17.8 Å². The summed E-state index contributed by atoms with van der Waals surface area (Å²) in [5.41, 5.74) is 0.0935. The lowest BCUT2D eigenvalue weighted by Crippen LogP contribution is -2.50. The van der Waals surface area contributed by atoms with E-state index >= 15 is 0 Å². The van der Waals surface area contributed by atoms with Crippen LogP contribution in [0.4, 0.5) is 0 Å². The van der Waals surface area contributed by atoms with Gasteiger partial charge in [-0.2, -0.15) is 0 Å². The van der Waals surface area contributed by atoms with Gasteiger partial charge in [0.15, 0.2) is 6.10 Å². The molecule has 2 unspecified atom stereocenters. The molecule has 126 valence electrons. The number of ether oxygens (including phenoxy) is 3. The molecule has 0 amide bonds. The number of rotatable bonds is 3. The van der Waals surface area contributed by atoms with Crippen LogP contribution in [0.2, 0.25) is 0 Å². The fourth-order valence-corrected chi connectivity index (χ4v) is 2.66. The largest absolute Gasteiger partial charge is 0.485 e. The van der Waals surface area contributed by atoms with Crippen LogP contribution in [0.1, 0.15) is 35.9 Å². The van der Waals surface area contributed by atoms with Gasteiger partial charge in [0.1, 0.15) is 17.5 Å². The molecule has 0 radical (unpaired) electrons. The van der Waals surface area contributed by atoms with Crippen molar-refractivity contribution in [3.63, 3.8) is 0 Å². The van der Waals surface area contributed by atoms with Crippen LogP contribution in [0.15, 0.2) is 42.6 Å². The number of hydrogen-bond donors (Lipinski definition) is 1. The van der Waals surface area contributed by atoms with E-state index in [-0.39, 0.29) is 0 Å². The van der Waals surface area contributed by atoms with Crippen LogP contribution in [0.25, 0.3) is 0 Å². The zero-order valence-electron chi connectivity index (χ0n) is 13.7. The number of methoxy groups -OCH3 is 1. The van der Waals surface area contributed by atoms with Crippen molar-refractivity contribution in [2.75, 3.05) is 7.11 Å². The molecule has 0 fully saturated rings. The first-order chi connectivity index (χ1) is 11.4. The van der Waals surface area contributed by atoms with Crippen molar-refractivity contribution in [2.24, 2.45) is 0 Å². The highest BCUT2D eigenvalue weighted by Gasteiger charge is 2.44. The van der Waals surface area contributed by atoms with Crippen molar-refractivity contribution in [3.8, 4) is 11.6 Å². The lowest BCUT2D eigenvalue weighted by atomic mass is 9.87. The molecule has 0 spiro atoms. The molecule has 1 aromatic heterocycles. The Balaban J connectivity index is 2.04. The number of carbonyl (C=O) groups is 1. The Morgan fingerprint density at radius 1 is 1.29 bits per heavy atom. The molecule has 2 aromatic rings. The molecule has 1 aliphatic heterocycles. The fraction of sp³-hybridized carbons (Fsp3) is 0.333. The van der Waals surface area contributed by atoms with Crippen LogP contribution < -0.4 is 9.47 Å². The number of aliphatic hydroxyl groups is 1. The summed E-state index contributed by atoms with van der Waals surface area (Å²) in [6, 6.07) is 10.2. The highest BCUT2D eigenvalue weighted by atomic mass is 16.5. The molecule has 24 heavy (non-hydrogen) atoms. The van der Waals surface area contributed by atoms with Crippen molar-refractivity contribution in [2.45, 2.75) is 31.7 Å². The molecule has 0 aliphatic carbocycles. The van der Waals surface area contributed by atoms with Crippen LogP contribution in [0.3, 0.4) is 0 Å². The van der Waals surface area contributed by atoms with E-state index in [2.05, 4.69) is 4.98 Å². The molecule has 1 aliphatic rings. The molecule has 1 N–H and O–H groups in total. The second-order valence-corrected chi connectivity index (χ2v) is 6.10. The van der Waals surface area contributed by atoms with E-state index in [4.69, 9.17) is 14.2 Å². The number of hydrogen-bond acceptors (Lipinski definition) is 6. The lowest BCUT2D eigenvalue weighted by molar-refractivity contribution is -0.104. The molecule has 3 rings (SSSR count). The van der Waals surface area contributed by atoms with Gasteiger partial charge in [-0.25, -0.2) is 9.78 Å². The highest BCUT2D eigenvalue weighted by molar-refractivity contribution is 5.89. The van der Waals surface area contributed by atoms with Crippen LogP contribution in [0.5, 0.6) is 11.6 Å². The number of esters is 1. The predicted octanol–water partition coefficient (Wildman–Crippen LogP) is 2.52. The molecule has 1 aromatic carbocycles. The Morgan fingerprint density at radius 2 is 2.08 bits per heavy atom. The van der Waals surface area contributed by atoms with Crippen LogP contribution in [-0.2, 0) is 4.74 Å². The van der Waals surface area contributed by atoms with Crippen LogP contribution in [0, 0.1) is 0 Å². The van der Waals surface area contributed by atoms with Crippen LogP contribution >= 0.6 is 0 Å². The first kappa shape index (κ1) is 16.3. The summed E-state index contributed by atoms with van der Waals surface area (Å²) < 4.78 is 16.5. The van der Waals surface area contributed by atoms with E-state index in [1.807, 2.05) is 0 Å². The first-order valence-electron chi connectivity index (χ1n) is 7.59. The molecular formula is C18H19NO5. The quantitative estimate of drug-likeness (QED) is 0.872. The van der Waals surface area contributed by atoms with Crippen molar-refractivity contribution >= 4 is 5.97 Å². The smallest absolute Gasteiger partial charge is 0.337 e. The first-order valence-corrected chi connectivity index (χ1v) is 7.59. The fourth-order valence-electron chi connectivity index (χ4n) is 2.66. The summed E-state index contributed by atoms with van der Waals surface area (Å²) in [5.74, 6) is 0.473. The third-order valence-corrected chi connectivity index (χ3v) is 3.99. The number of benzene rings is 1. The Labute approximate surface area is 140 Å². The van der Waals surface area contributed by atoms with Gasteiger partial charge in [0.05, 0.1) is 12.7 Å². The molecule has 6 nitrogen and oxygen atoms in total. The minimum absolute atomic E-state index is 0.362. The third kappa shape index (κ3) is 2.92. The number of nitrogens with zero attached hydrogens (tertiary/aromatic N) is 1. The lowest BCUT2D eigenvalue weighted by Gasteiger charge is -2.41. The van der Waals surface area contributed by atoms with Gasteiger partial charge in [0.25, 0.3) is 0 Å². The second kappa shape index (κ2) is 6.13. The maximum absolute atomic E-state index is 11.8. The minimum atomic E-state index is -0.945. The van der Waals surface area contributed by atoms with E-state index < -0.39 is 23.8 Å². The average molecular weight is 329 g/mol. The summed E-state index contributed by atoms with van der Waals surface area (Å²) in [5, 5.41) is 10.7. The summed E-state index contributed by atoms with van der Waals surface area (Å²) in [7, 11) is 1.32. The Bertz CT molecular complexity index is 744. The third-order valence-electron chi connectivity index (χ3n) is 3.99. The number of aliphatic hydroxyl groups excluding tert-OH is 1. The second-order valence-electron chi connectivity index (χ2n) is 6.10. The van der Waals surface area contributed by atoms with Gasteiger partial charge in [-0.15, -0.1) is 0 Å². The van der Waals surface area contributed by atoms with E-state index in [1.54, 1.807) is 56.4 Å². The van der Waals surface area contributed by atoms with Crippen molar-refractivity contribution in [1.82, 2.24) is 4.98 Å². The zero-order chi connectivity index (χ0) is 17.3. The number of fused-ring (bicyclic) bond motifs is 1. The average Bonchev–Trinajstić information content (AvgIpc) is 2.58. The highest BCUT2D eigenvalue weighted by Crippen LogP contribution is 2.42. The Hall–Kier alpha value is -2.60. The minimum Gasteiger partial charge on any atom is -0.485 e. The van der Waals surface area contributed by atoms with E-state index in [1.165, 1.54) is 7.11 Å². The summed E-state index contributed by atoms with van der Waals surface area (Å²) in [6.45, 7) is 3.56. The number of pyridine rings is 1.